The van der Waals surface area contributed by atoms with Gasteiger partial charge in [0.25, 0.3) is 10.0 Å². The van der Waals surface area contributed by atoms with Crippen LogP contribution in [0.5, 0.6) is 5.75 Å². The highest BCUT2D eigenvalue weighted by atomic mass is 32.2. The van der Waals surface area contributed by atoms with E-state index < -0.39 is 21.6 Å². The van der Waals surface area contributed by atoms with Gasteiger partial charge >= 0.3 is 0 Å². The van der Waals surface area contributed by atoms with Crippen molar-refractivity contribution in [2.45, 2.75) is 4.90 Å². The SMILES string of the molecule is O=S(=O)(Nc1cccc(-c2cccc(O)c2F)c1)c1ccccc1. The maximum atomic E-state index is 14.0. The van der Waals surface area contributed by atoms with Crippen LogP contribution >= 0.6 is 0 Å². The second-order valence-corrected chi connectivity index (χ2v) is 6.82. The van der Waals surface area contributed by atoms with Crippen LogP contribution in [0, 0.1) is 5.82 Å². The maximum Gasteiger partial charge on any atom is 0.261 e. The zero-order chi connectivity index (χ0) is 17.2. The molecule has 0 heterocycles. The van der Waals surface area contributed by atoms with Gasteiger partial charge in [-0.05, 0) is 35.9 Å². The number of rotatable bonds is 4. The average molecular weight is 343 g/mol. The third-order valence-corrected chi connectivity index (χ3v) is 4.85. The van der Waals surface area contributed by atoms with Gasteiger partial charge in [-0.2, -0.15) is 0 Å². The lowest BCUT2D eigenvalue weighted by Crippen LogP contribution is -2.12. The minimum Gasteiger partial charge on any atom is -0.505 e. The van der Waals surface area contributed by atoms with Crippen LogP contribution in [0.25, 0.3) is 11.1 Å². The molecule has 0 saturated carbocycles. The van der Waals surface area contributed by atoms with E-state index in [0.717, 1.165) is 0 Å². The number of hydrogen-bond donors (Lipinski definition) is 2. The van der Waals surface area contributed by atoms with Gasteiger partial charge in [-0.1, -0.05) is 42.5 Å². The van der Waals surface area contributed by atoms with E-state index in [9.17, 15) is 17.9 Å². The first-order valence-corrected chi connectivity index (χ1v) is 8.61. The third kappa shape index (κ3) is 3.23. The van der Waals surface area contributed by atoms with E-state index >= 15 is 0 Å². The van der Waals surface area contributed by atoms with E-state index in [1.165, 1.54) is 36.4 Å². The molecule has 2 N–H and O–H groups in total. The fourth-order valence-corrected chi connectivity index (χ4v) is 3.38. The quantitative estimate of drug-likeness (QED) is 0.752. The summed E-state index contributed by atoms with van der Waals surface area (Å²) in [4.78, 5) is 0.138. The van der Waals surface area contributed by atoms with Crippen LogP contribution in [-0.2, 0) is 10.0 Å². The van der Waals surface area contributed by atoms with E-state index in [-0.39, 0.29) is 10.5 Å². The lowest BCUT2D eigenvalue weighted by atomic mass is 10.0. The minimum absolute atomic E-state index is 0.138. The van der Waals surface area contributed by atoms with Gasteiger partial charge < -0.3 is 5.11 Å². The van der Waals surface area contributed by atoms with E-state index in [1.54, 1.807) is 36.4 Å². The zero-order valence-electron chi connectivity index (χ0n) is 12.5. The lowest BCUT2D eigenvalue weighted by molar-refractivity contribution is 0.433. The zero-order valence-corrected chi connectivity index (χ0v) is 13.3. The molecule has 3 rings (SSSR count). The highest BCUT2D eigenvalue weighted by molar-refractivity contribution is 7.92. The predicted octanol–water partition coefficient (Wildman–Crippen LogP) is 4.00. The van der Waals surface area contributed by atoms with Gasteiger partial charge in [0.05, 0.1) is 4.90 Å². The summed E-state index contributed by atoms with van der Waals surface area (Å²) in [5, 5.41) is 9.48. The summed E-state index contributed by atoms with van der Waals surface area (Å²) in [7, 11) is -3.72. The van der Waals surface area contributed by atoms with Gasteiger partial charge in [0, 0.05) is 11.3 Å². The molecule has 0 unspecified atom stereocenters. The molecule has 3 aromatic carbocycles. The number of halogens is 1. The highest BCUT2D eigenvalue weighted by Gasteiger charge is 2.15. The van der Waals surface area contributed by atoms with Crippen LogP contribution < -0.4 is 4.72 Å². The Kier molecular flexibility index (Phi) is 4.22. The molecule has 0 saturated heterocycles. The van der Waals surface area contributed by atoms with Gasteiger partial charge in [0.2, 0.25) is 0 Å². The number of nitrogens with one attached hydrogen (secondary N) is 1. The van der Waals surface area contributed by atoms with E-state index in [2.05, 4.69) is 4.72 Å². The van der Waals surface area contributed by atoms with Crippen LogP contribution in [0.15, 0.2) is 77.7 Å². The summed E-state index contributed by atoms with van der Waals surface area (Å²) in [5.74, 6) is -1.21. The summed E-state index contributed by atoms with van der Waals surface area (Å²) in [6.45, 7) is 0. The Bertz CT molecular complexity index is 973. The molecule has 0 spiro atoms. The molecular weight excluding hydrogens is 329 g/mol. The summed E-state index contributed by atoms with van der Waals surface area (Å²) in [6, 6.07) is 18.6. The highest BCUT2D eigenvalue weighted by Crippen LogP contribution is 2.30. The third-order valence-electron chi connectivity index (χ3n) is 3.46. The van der Waals surface area contributed by atoms with Crippen LogP contribution in [0.4, 0.5) is 10.1 Å². The van der Waals surface area contributed by atoms with Gasteiger partial charge in [-0.25, -0.2) is 12.8 Å². The number of phenols is 1. The normalized spacial score (nSPS) is 11.2. The Morgan fingerprint density at radius 2 is 1.58 bits per heavy atom. The first-order chi connectivity index (χ1) is 11.5. The number of phenolic OH excluding ortho intramolecular Hbond substituents is 1. The monoisotopic (exact) mass is 343 g/mol. The molecule has 0 aliphatic carbocycles. The molecule has 4 nitrogen and oxygen atoms in total. The molecule has 24 heavy (non-hydrogen) atoms. The smallest absolute Gasteiger partial charge is 0.261 e. The molecule has 0 aliphatic rings. The standard InChI is InChI=1S/C18H14FNO3S/c19-18-16(10-5-11-17(18)21)13-6-4-7-14(12-13)20-24(22,23)15-8-2-1-3-9-15/h1-12,20-21H. The van der Waals surface area contributed by atoms with Crippen molar-refractivity contribution in [2.75, 3.05) is 4.72 Å². The summed E-state index contributed by atoms with van der Waals surface area (Å²) >= 11 is 0. The summed E-state index contributed by atoms with van der Waals surface area (Å²) < 4.78 is 41.2. The van der Waals surface area contributed by atoms with E-state index in [0.29, 0.717) is 11.3 Å². The van der Waals surface area contributed by atoms with Crippen molar-refractivity contribution in [3.8, 4) is 16.9 Å². The van der Waals surface area contributed by atoms with Crippen molar-refractivity contribution in [1.82, 2.24) is 0 Å². The van der Waals surface area contributed by atoms with Crippen molar-refractivity contribution in [3.05, 3.63) is 78.6 Å². The largest absolute Gasteiger partial charge is 0.505 e. The second-order valence-electron chi connectivity index (χ2n) is 5.14. The van der Waals surface area contributed by atoms with Gasteiger partial charge in [-0.15, -0.1) is 0 Å². The van der Waals surface area contributed by atoms with Crippen molar-refractivity contribution in [2.24, 2.45) is 0 Å². The van der Waals surface area contributed by atoms with E-state index in [1.807, 2.05) is 0 Å². The lowest BCUT2D eigenvalue weighted by Gasteiger charge is -2.10. The second kappa shape index (κ2) is 6.33. The van der Waals surface area contributed by atoms with Gasteiger partial charge in [0.15, 0.2) is 11.6 Å². The molecule has 0 aromatic heterocycles. The van der Waals surface area contributed by atoms with Gasteiger partial charge in [-0.3, -0.25) is 4.72 Å². The fraction of sp³-hybridized carbons (Fsp3) is 0. The number of sulfonamides is 1. The Balaban J connectivity index is 1.96. The van der Waals surface area contributed by atoms with Crippen molar-refractivity contribution in [3.63, 3.8) is 0 Å². The van der Waals surface area contributed by atoms with Crippen molar-refractivity contribution < 1.29 is 17.9 Å². The Morgan fingerprint density at radius 1 is 0.875 bits per heavy atom. The van der Waals surface area contributed by atoms with Crippen LogP contribution in [0.1, 0.15) is 0 Å². The molecule has 3 aromatic rings. The van der Waals surface area contributed by atoms with Crippen molar-refractivity contribution in [1.29, 1.82) is 0 Å². The number of aromatic hydroxyl groups is 1. The number of anilines is 1. The first kappa shape index (κ1) is 16.0. The molecule has 0 fully saturated rings. The molecule has 0 bridgehead atoms. The van der Waals surface area contributed by atoms with Crippen LogP contribution in [0.3, 0.4) is 0 Å². The molecule has 0 aliphatic heterocycles. The van der Waals surface area contributed by atoms with Gasteiger partial charge in [0.1, 0.15) is 0 Å². The number of hydrogen-bond acceptors (Lipinski definition) is 3. The summed E-state index contributed by atoms with van der Waals surface area (Å²) in [5.41, 5.74) is 0.950. The Labute approximate surface area is 139 Å². The molecular formula is C18H14FNO3S. The summed E-state index contributed by atoms with van der Waals surface area (Å²) in [6.07, 6.45) is 0. The topological polar surface area (TPSA) is 66.4 Å². The van der Waals surface area contributed by atoms with Crippen LogP contribution in [0.2, 0.25) is 0 Å². The Morgan fingerprint density at radius 3 is 2.33 bits per heavy atom. The van der Waals surface area contributed by atoms with Crippen molar-refractivity contribution >= 4 is 15.7 Å². The molecule has 6 heteroatoms. The molecule has 0 radical (unpaired) electrons. The Hall–Kier alpha value is -2.86. The minimum atomic E-state index is -3.72. The van der Waals surface area contributed by atoms with Crippen LogP contribution in [-0.4, -0.2) is 13.5 Å². The maximum absolute atomic E-state index is 14.0. The first-order valence-electron chi connectivity index (χ1n) is 7.13. The molecule has 0 atom stereocenters. The average Bonchev–Trinajstić information content (AvgIpc) is 2.58. The van der Waals surface area contributed by atoms with E-state index in [4.69, 9.17) is 0 Å². The predicted molar refractivity (Wildman–Crippen MR) is 90.8 cm³/mol. The molecule has 0 amide bonds. The number of benzene rings is 3. The molecule has 122 valence electrons. The fourth-order valence-electron chi connectivity index (χ4n) is 2.31.